The van der Waals surface area contributed by atoms with Crippen molar-refractivity contribution in [2.45, 2.75) is 0 Å². The molecule has 0 radical (unpaired) electrons. The minimum Gasteiger partial charge on any atom is -0.495 e. The van der Waals surface area contributed by atoms with Gasteiger partial charge in [-0.3, -0.25) is 4.68 Å². The molecule has 0 amide bonds. The molecule has 0 saturated heterocycles. The normalized spacial score (nSPS) is 13.3. The highest BCUT2D eigenvalue weighted by Gasteiger charge is 2.26. The molecule has 0 atom stereocenters. The van der Waals surface area contributed by atoms with Crippen molar-refractivity contribution < 1.29 is 14.2 Å². The minimum atomic E-state index is 0.493. The topological polar surface area (TPSA) is 71.5 Å². The second-order valence-corrected chi connectivity index (χ2v) is 5.22. The average molecular weight is 340 g/mol. The highest BCUT2D eigenvalue weighted by molar-refractivity contribution is 9.10. The maximum absolute atomic E-state index is 5.86. The Balaban J connectivity index is 2.28. The van der Waals surface area contributed by atoms with Crippen LogP contribution in [0.5, 0.6) is 17.2 Å². The molecule has 106 valence electrons. The Hall–Kier alpha value is -1.89. The number of nitrogens with zero attached hydrogens (tertiary/aromatic N) is 2. The van der Waals surface area contributed by atoms with Gasteiger partial charge >= 0.3 is 0 Å². The van der Waals surface area contributed by atoms with E-state index in [1.807, 2.05) is 6.07 Å². The molecule has 0 unspecified atom stereocenters. The fourth-order valence-electron chi connectivity index (χ4n) is 2.17. The summed E-state index contributed by atoms with van der Waals surface area (Å²) in [6, 6.07) is 3.62. The van der Waals surface area contributed by atoms with E-state index in [1.165, 1.54) is 0 Å². The number of methoxy groups -OCH3 is 1. The molecular formula is C13H14BrN3O3. The van der Waals surface area contributed by atoms with Crippen LogP contribution in [0.25, 0.3) is 11.3 Å². The number of halogens is 1. The zero-order valence-electron chi connectivity index (χ0n) is 11.1. The van der Waals surface area contributed by atoms with Crippen LogP contribution in [0.3, 0.4) is 0 Å². The molecule has 0 aliphatic carbocycles. The van der Waals surface area contributed by atoms with E-state index in [0.29, 0.717) is 42.0 Å². The summed E-state index contributed by atoms with van der Waals surface area (Å²) in [6.45, 7) is 1.02. The lowest BCUT2D eigenvalue weighted by molar-refractivity contribution is 0.171. The van der Waals surface area contributed by atoms with E-state index in [0.717, 1.165) is 10.0 Å². The fourth-order valence-corrected chi connectivity index (χ4v) is 2.74. The van der Waals surface area contributed by atoms with E-state index in [-0.39, 0.29) is 0 Å². The molecule has 0 bridgehead atoms. The molecule has 1 aromatic carbocycles. The highest BCUT2D eigenvalue weighted by atomic mass is 79.9. The van der Waals surface area contributed by atoms with Crippen LogP contribution in [0.15, 0.2) is 16.6 Å². The molecule has 2 aromatic rings. The van der Waals surface area contributed by atoms with Crippen molar-refractivity contribution in [3.8, 4) is 28.5 Å². The molecule has 2 N–H and O–H groups in total. The van der Waals surface area contributed by atoms with Gasteiger partial charge in [0.2, 0.25) is 0 Å². The van der Waals surface area contributed by atoms with Gasteiger partial charge in [-0.25, -0.2) is 0 Å². The van der Waals surface area contributed by atoms with Gasteiger partial charge < -0.3 is 19.9 Å². The van der Waals surface area contributed by atoms with Gasteiger partial charge in [0.15, 0.2) is 11.5 Å². The molecule has 2 heterocycles. The van der Waals surface area contributed by atoms with Crippen molar-refractivity contribution in [1.29, 1.82) is 0 Å². The molecule has 0 spiro atoms. The number of fused-ring (bicyclic) bond motifs is 1. The zero-order chi connectivity index (χ0) is 14.3. The maximum atomic E-state index is 5.86. The van der Waals surface area contributed by atoms with Crippen molar-refractivity contribution in [2.75, 3.05) is 26.1 Å². The lowest BCUT2D eigenvalue weighted by Crippen LogP contribution is -2.16. The Bertz CT molecular complexity index is 650. The molecule has 7 heteroatoms. The summed E-state index contributed by atoms with van der Waals surface area (Å²) < 4.78 is 19.2. The largest absolute Gasteiger partial charge is 0.495 e. The van der Waals surface area contributed by atoms with E-state index in [9.17, 15) is 0 Å². The van der Waals surface area contributed by atoms with Gasteiger partial charge in [-0.2, -0.15) is 5.10 Å². The molecular weight excluding hydrogens is 326 g/mol. The minimum absolute atomic E-state index is 0.493. The van der Waals surface area contributed by atoms with Crippen LogP contribution < -0.4 is 19.9 Å². The van der Waals surface area contributed by atoms with E-state index >= 15 is 0 Å². The molecule has 3 rings (SSSR count). The molecule has 0 saturated carbocycles. The third-order valence-electron chi connectivity index (χ3n) is 3.12. The number of hydrogen-bond acceptors (Lipinski definition) is 5. The van der Waals surface area contributed by atoms with Crippen molar-refractivity contribution in [1.82, 2.24) is 9.78 Å². The Morgan fingerprint density at radius 2 is 2.10 bits per heavy atom. The lowest BCUT2D eigenvalue weighted by Gasteiger charge is -2.22. The lowest BCUT2D eigenvalue weighted by atomic mass is 10.1. The van der Waals surface area contributed by atoms with Crippen molar-refractivity contribution in [3.63, 3.8) is 0 Å². The van der Waals surface area contributed by atoms with Gasteiger partial charge in [-0.05, 0) is 15.9 Å². The first kappa shape index (κ1) is 13.1. The molecule has 20 heavy (non-hydrogen) atoms. The first-order chi connectivity index (χ1) is 9.61. The SMILES string of the molecule is COc1c(Br)cc2c(c1-c1cc(N)n(C)n1)OCCO2. The Kier molecular flexibility index (Phi) is 3.21. The van der Waals surface area contributed by atoms with E-state index in [1.54, 1.807) is 24.9 Å². The van der Waals surface area contributed by atoms with Crippen LogP contribution in [0.2, 0.25) is 0 Å². The number of rotatable bonds is 2. The Labute approximate surface area is 124 Å². The predicted octanol–water partition coefficient (Wildman–Crippen LogP) is 2.21. The maximum Gasteiger partial charge on any atom is 0.174 e. The summed E-state index contributed by atoms with van der Waals surface area (Å²) in [5, 5.41) is 4.39. The Morgan fingerprint density at radius 3 is 2.75 bits per heavy atom. The van der Waals surface area contributed by atoms with Crippen molar-refractivity contribution >= 4 is 21.7 Å². The molecule has 0 fully saturated rings. The number of nitrogens with two attached hydrogens (primary N) is 1. The Morgan fingerprint density at radius 1 is 1.35 bits per heavy atom. The number of hydrogen-bond donors (Lipinski definition) is 1. The van der Waals surface area contributed by atoms with E-state index < -0.39 is 0 Å². The van der Waals surface area contributed by atoms with Gasteiger partial charge in [0, 0.05) is 19.2 Å². The van der Waals surface area contributed by atoms with Crippen molar-refractivity contribution in [3.05, 3.63) is 16.6 Å². The summed E-state index contributed by atoms with van der Waals surface area (Å²) in [6.07, 6.45) is 0. The zero-order valence-corrected chi connectivity index (χ0v) is 12.7. The van der Waals surface area contributed by atoms with Crippen LogP contribution in [-0.4, -0.2) is 30.1 Å². The monoisotopic (exact) mass is 339 g/mol. The summed E-state index contributed by atoms with van der Waals surface area (Å²) in [5.74, 6) is 2.51. The van der Waals surface area contributed by atoms with Gasteiger partial charge in [-0.1, -0.05) is 0 Å². The quantitative estimate of drug-likeness (QED) is 0.908. The molecule has 1 aliphatic heterocycles. The van der Waals surface area contributed by atoms with Crippen LogP contribution in [0.1, 0.15) is 0 Å². The van der Waals surface area contributed by atoms with Crippen LogP contribution in [0, 0.1) is 0 Å². The van der Waals surface area contributed by atoms with Crippen molar-refractivity contribution in [2.24, 2.45) is 7.05 Å². The highest BCUT2D eigenvalue weighted by Crippen LogP contribution is 2.49. The summed E-state index contributed by atoms with van der Waals surface area (Å²) in [5.41, 5.74) is 7.28. The first-order valence-electron chi connectivity index (χ1n) is 6.07. The summed E-state index contributed by atoms with van der Waals surface area (Å²) in [7, 11) is 3.39. The second-order valence-electron chi connectivity index (χ2n) is 4.37. The van der Waals surface area contributed by atoms with Crippen LogP contribution in [0.4, 0.5) is 5.82 Å². The number of aryl methyl sites for hydroxylation is 1. The van der Waals surface area contributed by atoms with E-state index in [2.05, 4.69) is 21.0 Å². The standard InChI is InChI=1S/C13H14BrN3O3/c1-17-10(15)6-8(16-17)11-12(18-2)7(14)5-9-13(11)20-4-3-19-9/h5-6H,3-4,15H2,1-2H3. The number of ether oxygens (including phenoxy) is 3. The number of nitrogen functional groups attached to an aromatic ring is 1. The molecule has 1 aliphatic rings. The number of anilines is 1. The third-order valence-corrected chi connectivity index (χ3v) is 3.71. The smallest absolute Gasteiger partial charge is 0.174 e. The number of benzene rings is 1. The van der Waals surface area contributed by atoms with Crippen LogP contribution >= 0.6 is 15.9 Å². The van der Waals surface area contributed by atoms with Gasteiger partial charge in [0.1, 0.15) is 30.5 Å². The summed E-state index contributed by atoms with van der Waals surface area (Å²) >= 11 is 3.48. The van der Waals surface area contributed by atoms with Gasteiger partial charge in [0.05, 0.1) is 17.1 Å². The predicted molar refractivity (Wildman–Crippen MR) is 78.3 cm³/mol. The third kappa shape index (κ3) is 1.98. The number of aromatic nitrogens is 2. The van der Waals surface area contributed by atoms with Crippen LogP contribution in [-0.2, 0) is 7.05 Å². The average Bonchev–Trinajstić information content (AvgIpc) is 2.76. The molecule has 1 aromatic heterocycles. The van der Waals surface area contributed by atoms with Gasteiger partial charge in [0.25, 0.3) is 0 Å². The van der Waals surface area contributed by atoms with Gasteiger partial charge in [-0.15, -0.1) is 0 Å². The van der Waals surface area contributed by atoms with E-state index in [4.69, 9.17) is 19.9 Å². The fraction of sp³-hybridized carbons (Fsp3) is 0.308. The first-order valence-corrected chi connectivity index (χ1v) is 6.87. The summed E-state index contributed by atoms with van der Waals surface area (Å²) in [4.78, 5) is 0. The molecule has 6 nitrogen and oxygen atoms in total. The second kappa shape index (κ2) is 4.90.